The van der Waals surface area contributed by atoms with Crippen molar-refractivity contribution in [2.75, 3.05) is 39.4 Å². The minimum absolute atomic E-state index is 0.563. The van der Waals surface area contributed by atoms with Crippen molar-refractivity contribution in [3.63, 3.8) is 0 Å². The number of rotatable bonds is 5. The molecule has 1 aliphatic carbocycles. The summed E-state index contributed by atoms with van der Waals surface area (Å²) in [7, 11) is 0. The van der Waals surface area contributed by atoms with Crippen molar-refractivity contribution in [3.8, 4) is 0 Å². The quantitative estimate of drug-likeness (QED) is 0.427. The first-order chi connectivity index (χ1) is 8.84. The molecule has 0 radical (unpaired) electrons. The van der Waals surface area contributed by atoms with E-state index in [1.165, 1.54) is 25.7 Å². The second-order valence-corrected chi connectivity index (χ2v) is 5.20. The SMILES string of the molecule is NC(=NCCCN1CCOCC1)NC1CCCC1. The van der Waals surface area contributed by atoms with Crippen LogP contribution in [0.25, 0.3) is 0 Å². The Morgan fingerprint density at radius 2 is 2.00 bits per heavy atom. The Balaban J connectivity index is 1.55. The Labute approximate surface area is 110 Å². The van der Waals surface area contributed by atoms with Gasteiger partial charge in [-0.2, -0.15) is 0 Å². The summed E-state index contributed by atoms with van der Waals surface area (Å²) in [4.78, 5) is 6.83. The second kappa shape index (κ2) is 7.59. The van der Waals surface area contributed by atoms with E-state index in [9.17, 15) is 0 Å². The fourth-order valence-corrected chi connectivity index (χ4v) is 2.64. The highest BCUT2D eigenvalue weighted by Gasteiger charge is 2.14. The van der Waals surface area contributed by atoms with E-state index in [4.69, 9.17) is 10.5 Å². The molecule has 1 aliphatic heterocycles. The van der Waals surface area contributed by atoms with Gasteiger partial charge in [0, 0.05) is 32.2 Å². The number of aliphatic imine (C=N–C) groups is 1. The molecular formula is C13H26N4O. The van der Waals surface area contributed by atoms with E-state index < -0.39 is 0 Å². The Hall–Kier alpha value is -0.810. The van der Waals surface area contributed by atoms with Crippen LogP contribution in [-0.2, 0) is 4.74 Å². The molecule has 2 fully saturated rings. The van der Waals surface area contributed by atoms with E-state index in [-0.39, 0.29) is 0 Å². The first kappa shape index (κ1) is 13.6. The van der Waals surface area contributed by atoms with Gasteiger partial charge in [-0.3, -0.25) is 9.89 Å². The van der Waals surface area contributed by atoms with Gasteiger partial charge in [0.25, 0.3) is 0 Å². The molecule has 3 N–H and O–H groups in total. The third kappa shape index (κ3) is 4.82. The summed E-state index contributed by atoms with van der Waals surface area (Å²) in [6.07, 6.45) is 6.20. The summed E-state index contributed by atoms with van der Waals surface area (Å²) in [5, 5.41) is 3.31. The molecule has 5 heteroatoms. The van der Waals surface area contributed by atoms with Crippen molar-refractivity contribution in [1.29, 1.82) is 0 Å². The highest BCUT2D eigenvalue weighted by atomic mass is 16.5. The van der Waals surface area contributed by atoms with Crippen LogP contribution in [0.1, 0.15) is 32.1 Å². The Morgan fingerprint density at radius 1 is 1.28 bits per heavy atom. The first-order valence-electron chi connectivity index (χ1n) is 7.21. The van der Waals surface area contributed by atoms with Gasteiger partial charge in [0.1, 0.15) is 0 Å². The second-order valence-electron chi connectivity index (χ2n) is 5.20. The molecular weight excluding hydrogens is 228 g/mol. The standard InChI is InChI=1S/C13H26N4O/c14-13(16-12-4-1-2-5-12)15-6-3-7-17-8-10-18-11-9-17/h12H,1-11H2,(H3,14,15,16). The number of nitrogens with one attached hydrogen (secondary N) is 1. The summed E-state index contributed by atoms with van der Waals surface area (Å²) < 4.78 is 5.32. The Morgan fingerprint density at radius 3 is 2.72 bits per heavy atom. The van der Waals surface area contributed by atoms with E-state index in [1.807, 2.05) is 0 Å². The van der Waals surface area contributed by atoms with Crippen LogP contribution in [0.5, 0.6) is 0 Å². The van der Waals surface area contributed by atoms with Crippen molar-refractivity contribution < 1.29 is 4.74 Å². The van der Waals surface area contributed by atoms with E-state index in [0.717, 1.165) is 45.8 Å². The fraction of sp³-hybridized carbons (Fsp3) is 0.923. The lowest BCUT2D eigenvalue weighted by molar-refractivity contribution is 0.0377. The van der Waals surface area contributed by atoms with Crippen LogP contribution in [0.3, 0.4) is 0 Å². The maximum absolute atomic E-state index is 5.88. The van der Waals surface area contributed by atoms with Gasteiger partial charge in [0.2, 0.25) is 0 Å². The summed E-state index contributed by atoms with van der Waals surface area (Å²) >= 11 is 0. The molecule has 0 aromatic heterocycles. The van der Waals surface area contributed by atoms with Gasteiger partial charge < -0.3 is 15.8 Å². The molecule has 2 rings (SSSR count). The molecule has 104 valence electrons. The molecule has 0 bridgehead atoms. The molecule has 1 saturated carbocycles. The molecule has 0 atom stereocenters. The molecule has 0 aromatic carbocycles. The summed E-state index contributed by atoms with van der Waals surface area (Å²) in [6, 6.07) is 0.563. The average molecular weight is 254 g/mol. The number of hydrogen-bond acceptors (Lipinski definition) is 3. The monoisotopic (exact) mass is 254 g/mol. The molecule has 0 amide bonds. The predicted octanol–water partition coefficient (Wildman–Crippen LogP) is 0.556. The lowest BCUT2D eigenvalue weighted by Crippen LogP contribution is -2.39. The predicted molar refractivity (Wildman–Crippen MR) is 73.8 cm³/mol. The van der Waals surface area contributed by atoms with Crippen LogP contribution >= 0.6 is 0 Å². The van der Waals surface area contributed by atoms with Crippen LogP contribution in [0, 0.1) is 0 Å². The third-order valence-corrected chi connectivity index (χ3v) is 3.73. The Kier molecular flexibility index (Phi) is 5.74. The van der Waals surface area contributed by atoms with Crippen LogP contribution in [0.2, 0.25) is 0 Å². The molecule has 18 heavy (non-hydrogen) atoms. The number of nitrogens with two attached hydrogens (primary N) is 1. The Bertz CT molecular complexity index is 258. The van der Waals surface area contributed by atoms with Gasteiger partial charge in [-0.05, 0) is 19.3 Å². The van der Waals surface area contributed by atoms with Crippen molar-refractivity contribution in [2.24, 2.45) is 10.7 Å². The average Bonchev–Trinajstić information content (AvgIpc) is 2.89. The maximum atomic E-state index is 5.88. The van der Waals surface area contributed by atoms with Crippen molar-refractivity contribution in [2.45, 2.75) is 38.1 Å². The summed E-state index contributed by atoms with van der Waals surface area (Å²) in [6.45, 7) is 5.77. The zero-order chi connectivity index (χ0) is 12.6. The van der Waals surface area contributed by atoms with Gasteiger partial charge in [-0.25, -0.2) is 0 Å². The van der Waals surface area contributed by atoms with E-state index in [2.05, 4.69) is 15.2 Å². The van der Waals surface area contributed by atoms with Gasteiger partial charge in [0.05, 0.1) is 13.2 Å². The number of ether oxygens (including phenoxy) is 1. The van der Waals surface area contributed by atoms with Crippen molar-refractivity contribution in [3.05, 3.63) is 0 Å². The van der Waals surface area contributed by atoms with Crippen LogP contribution < -0.4 is 11.1 Å². The number of guanidine groups is 1. The van der Waals surface area contributed by atoms with E-state index in [1.54, 1.807) is 0 Å². The van der Waals surface area contributed by atoms with E-state index >= 15 is 0 Å². The maximum Gasteiger partial charge on any atom is 0.188 e. The molecule has 0 unspecified atom stereocenters. The molecule has 1 heterocycles. The first-order valence-corrected chi connectivity index (χ1v) is 7.21. The van der Waals surface area contributed by atoms with Gasteiger partial charge >= 0.3 is 0 Å². The van der Waals surface area contributed by atoms with Crippen LogP contribution in [0.4, 0.5) is 0 Å². The molecule has 1 saturated heterocycles. The molecule has 2 aliphatic rings. The van der Waals surface area contributed by atoms with Crippen LogP contribution in [-0.4, -0.2) is 56.3 Å². The lowest BCUT2D eigenvalue weighted by atomic mass is 10.2. The highest BCUT2D eigenvalue weighted by Crippen LogP contribution is 2.17. The van der Waals surface area contributed by atoms with E-state index in [0.29, 0.717) is 12.0 Å². The molecule has 0 spiro atoms. The molecule has 0 aromatic rings. The van der Waals surface area contributed by atoms with Crippen LogP contribution in [0.15, 0.2) is 4.99 Å². The minimum Gasteiger partial charge on any atom is -0.379 e. The topological polar surface area (TPSA) is 62.9 Å². The lowest BCUT2D eigenvalue weighted by Gasteiger charge is -2.26. The number of morpholine rings is 1. The van der Waals surface area contributed by atoms with Crippen molar-refractivity contribution >= 4 is 5.96 Å². The zero-order valence-electron chi connectivity index (χ0n) is 11.2. The van der Waals surface area contributed by atoms with Gasteiger partial charge in [0.15, 0.2) is 5.96 Å². The summed E-state index contributed by atoms with van der Waals surface area (Å²) in [5.74, 6) is 0.629. The summed E-state index contributed by atoms with van der Waals surface area (Å²) in [5.41, 5.74) is 5.88. The third-order valence-electron chi connectivity index (χ3n) is 3.73. The zero-order valence-corrected chi connectivity index (χ0v) is 11.2. The fourth-order valence-electron chi connectivity index (χ4n) is 2.64. The minimum atomic E-state index is 0.563. The van der Waals surface area contributed by atoms with Gasteiger partial charge in [-0.15, -0.1) is 0 Å². The van der Waals surface area contributed by atoms with Gasteiger partial charge in [-0.1, -0.05) is 12.8 Å². The molecule has 5 nitrogen and oxygen atoms in total. The smallest absolute Gasteiger partial charge is 0.188 e. The van der Waals surface area contributed by atoms with Crippen molar-refractivity contribution in [1.82, 2.24) is 10.2 Å². The number of hydrogen-bond donors (Lipinski definition) is 2. The normalized spacial score (nSPS) is 23.4. The highest BCUT2D eigenvalue weighted by molar-refractivity contribution is 5.78. The number of nitrogens with zero attached hydrogens (tertiary/aromatic N) is 2. The largest absolute Gasteiger partial charge is 0.379 e.